The van der Waals surface area contributed by atoms with Crippen LogP contribution in [-0.2, 0) is 4.74 Å². The molecule has 21 heavy (non-hydrogen) atoms. The fourth-order valence-electron chi connectivity index (χ4n) is 2.18. The second-order valence-electron chi connectivity index (χ2n) is 4.49. The van der Waals surface area contributed by atoms with Gasteiger partial charge in [-0.15, -0.1) is 11.3 Å². The van der Waals surface area contributed by atoms with Crippen LogP contribution in [0.3, 0.4) is 0 Å². The van der Waals surface area contributed by atoms with E-state index in [-0.39, 0.29) is 12.8 Å². The summed E-state index contributed by atoms with van der Waals surface area (Å²) >= 11 is 7.86. The summed E-state index contributed by atoms with van der Waals surface area (Å²) in [6.07, 6.45) is 1.79. The molecular formula is C14H15ClN2O3S. The number of aromatic nitrogens is 1. The number of ether oxygens (including phenoxy) is 3. The lowest BCUT2D eigenvalue weighted by molar-refractivity contribution is 0.174. The van der Waals surface area contributed by atoms with Gasteiger partial charge in [0.25, 0.3) is 0 Å². The van der Waals surface area contributed by atoms with Gasteiger partial charge in [-0.1, -0.05) is 11.6 Å². The van der Waals surface area contributed by atoms with Crippen LogP contribution in [0.25, 0.3) is 0 Å². The highest BCUT2D eigenvalue weighted by atomic mass is 35.5. The van der Waals surface area contributed by atoms with Gasteiger partial charge in [-0.05, 0) is 17.7 Å². The highest BCUT2D eigenvalue weighted by molar-refractivity contribution is 7.09. The van der Waals surface area contributed by atoms with Crippen molar-refractivity contribution < 1.29 is 14.2 Å². The molecule has 0 spiro atoms. The van der Waals surface area contributed by atoms with Crippen LogP contribution >= 0.6 is 22.9 Å². The molecule has 0 amide bonds. The minimum Gasteiger partial charge on any atom is -0.454 e. The molecule has 7 heteroatoms. The summed E-state index contributed by atoms with van der Waals surface area (Å²) in [4.78, 5) is 4.39. The second-order valence-corrected chi connectivity index (χ2v) is 5.82. The van der Waals surface area contributed by atoms with Crippen molar-refractivity contribution in [2.24, 2.45) is 0 Å². The Morgan fingerprint density at radius 3 is 3.14 bits per heavy atom. The highest BCUT2D eigenvalue weighted by Crippen LogP contribution is 2.42. The van der Waals surface area contributed by atoms with Crippen LogP contribution in [-0.4, -0.2) is 32.0 Å². The molecule has 1 N–H and O–H groups in total. The molecule has 1 aliphatic heterocycles. The Morgan fingerprint density at radius 1 is 1.48 bits per heavy atom. The Hall–Kier alpha value is -1.34. The summed E-state index contributed by atoms with van der Waals surface area (Å²) < 4.78 is 15.9. The van der Waals surface area contributed by atoms with Crippen LogP contribution in [0.15, 0.2) is 23.7 Å². The molecule has 2 aromatic rings. The summed E-state index contributed by atoms with van der Waals surface area (Å²) in [5.74, 6) is 1.28. The summed E-state index contributed by atoms with van der Waals surface area (Å²) in [5, 5.41) is 6.90. The van der Waals surface area contributed by atoms with Gasteiger partial charge in [-0.25, -0.2) is 4.98 Å². The van der Waals surface area contributed by atoms with E-state index in [1.54, 1.807) is 24.6 Å². The number of thiazole rings is 1. The van der Waals surface area contributed by atoms with Gasteiger partial charge in [0.2, 0.25) is 6.79 Å². The van der Waals surface area contributed by atoms with Gasteiger partial charge in [0.05, 0.1) is 17.7 Å². The van der Waals surface area contributed by atoms with Crippen molar-refractivity contribution in [3.8, 4) is 11.5 Å². The fraction of sp³-hybridized carbons (Fsp3) is 0.357. The van der Waals surface area contributed by atoms with Crippen LogP contribution in [0, 0.1) is 0 Å². The number of hydrogen-bond acceptors (Lipinski definition) is 6. The Labute approximate surface area is 131 Å². The summed E-state index contributed by atoms with van der Waals surface area (Å²) in [6, 6.07) is 3.79. The van der Waals surface area contributed by atoms with Crippen LogP contribution in [0.5, 0.6) is 11.5 Å². The molecule has 1 aliphatic rings. The molecule has 0 radical (unpaired) electrons. The smallest absolute Gasteiger partial charge is 0.231 e. The molecule has 3 rings (SSSR count). The van der Waals surface area contributed by atoms with Crippen molar-refractivity contribution in [2.45, 2.75) is 6.04 Å². The number of rotatable bonds is 6. The molecule has 0 fully saturated rings. The van der Waals surface area contributed by atoms with E-state index in [2.05, 4.69) is 10.3 Å². The van der Waals surface area contributed by atoms with Crippen molar-refractivity contribution in [1.82, 2.24) is 10.3 Å². The standard InChI is InChI=1S/C14H15ClN2O3S/c1-18-4-2-16-12(14-17-3-5-21-14)9-6-10(15)13-11(7-9)19-8-20-13/h3,5-7,12,16H,2,4,8H2,1H3. The Kier molecular flexibility index (Phi) is 4.60. The summed E-state index contributed by atoms with van der Waals surface area (Å²) in [6.45, 7) is 1.55. The van der Waals surface area contributed by atoms with E-state index < -0.39 is 0 Å². The lowest BCUT2D eigenvalue weighted by Crippen LogP contribution is -2.25. The normalized spacial score (nSPS) is 14.4. The third-order valence-corrected chi connectivity index (χ3v) is 4.26. The van der Waals surface area contributed by atoms with Crippen molar-refractivity contribution in [1.29, 1.82) is 0 Å². The van der Waals surface area contributed by atoms with E-state index in [0.717, 1.165) is 10.6 Å². The Bertz CT molecular complexity index is 607. The summed E-state index contributed by atoms with van der Waals surface area (Å²) in [5.41, 5.74) is 0.996. The maximum Gasteiger partial charge on any atom is 0.231 e. The molecule has 0 saturated carbocycles. The van der Waals surface area contributed by atoms with Gasteiger partial charge < -0.3 is 19.5 Å². The minimum atomic E-state index is -0.0489. The van der Waals surface area contributed by atoms with E-state index >= 15 is 0 Å². The van der Waals surface area contributed by atoms with Gasteiger partial charge in [-0.2, -0.15) is 0 Å². The number of nitrogens with zero attached hydrogens (tertiary/aromatic N) is 1. The van der Waals surface area contributed by atoms with E-state index in [1.165, 1.54) is 0 Å². The van der Waals surface area contributed by atoms with E-state index in [9.17, 15) is 0 Å². The Morgan fingerprint density at radius 2 is 2.38 bits per heavy atom. The van der Waals surface area contributed by atoms with Crippen molar-refractivity contribution in [2.75, 3.05) is 27.1 Å². The number of fused-ring (bicyclic) bond motifs is 1. The van der Waals surface area contributed by atoms with Crippen molar-refractivity contribution in [3.63, 3.8) is 0 Å². The lowest BCUT2D eigenvalue weighted by atomic mass is 10.1. The second kappa shape index (κ2) is 6.62. The number of hydrogen-bond donors (Lipinski definition) is 1. The van der Waals surface area contributed by atoms with Crippen molar-refractivity contribution in [3.05, 3.63) is 39.3 Å². The van der Waals surface area contributed by atoms with Crippen LogP contribution in [0.2, 0.25) is 5.02 Å². The van der Waals surface area contributed by atoms with Crippen LogP contribution in [0.1, 0.15) is 16.6 Å². The molecule has 112 valence electrons. The fourth-order valence-corrected chi connectivity index (χ4v) is 3.20. The monoisotopic (exact) mass is 326 g/mol. The molecule has 1 aromatic heterocycles. The molecular weight excluding hydrogens is 312 g/mol. The van der Waals surface area contributed by atoms with Crippen LogP contribution in [0.4, 0.5) is 0 Å². The predicted octanol–water partition coefficient (Wildman–Crippen LogP) is 2.85. The molecule has 5 nitrogen and oxygen atoms in total. The average Bonchev–Trinajstić information content (AvgIpc) is 3.14. The number of halogens is 1. The van der Waals surface area contributed by atoms with Gasteiger partial charge in [0, 0.05) is 25.2 Å². The first-order valence-corrected chi connectivity index (χ1v) is 7.76. The molecule has 0 bridgehead atoms. The predicted molar refractivity (Wildman–Crippen MR) is 81.4 cm³/mol. The first-order valence-electron chi connectivity index (χ1n) is 6.50. The van der Waals surface area contributed by atoms with E-state index in [4.69, 9.17) is 25.8 Å². The first kappa shape index (κ1) is 14.6. The summed E-state index contributed by atoms with van der Waals surface area (Å²) in [7, 11) is 1.68. The maximum atomic E-state index is 6.27. The largest absolute Gasteiger partial charge is 0.454 e. The van der Waals surface area contributed by atoms with Gasteiger partial charge >= 0.3 is 0 Å². The topological polar surface area (TPSA) is 52.6 Å². The number of methoxy groups -OCH3 is 1. The van der Waals surface area contributed by atoms with Gasteiger partial charge in [0.1, 0.15) is 5.01 Å². The third-order valence-electron chi connectivity index (χ3n) is 3.14. The minimum absolute atomic E-state index is 0.0489. The van der Waals surface area contributed by atoms with Gasteiger partial charge in [-0.3, -0.25) is 0 Å². The zero-order valence-corrected chi connectivity index (χ0v) is 13.0. The number of nitrogens with one attached hydrogen (secondary N) is 1. The maximum absolute atomic E-state index is 6.27. The van der Waals surface area contributed by atoms with Gasteiger partial charge in [0.15, 0.2) is 11.5 Å². The molecule has 1 aromatic carbocycles. The molecule has 0 saturated heterocycles. The lowest BCUT2D eigenvalue weighted by Gasteiger charge is -2.17. The van der Waals surface area contributed by atoms with Crippen LogP contribution < -0.4 is 14.8 Å². The third kappa shape index (κ3) is 3.13. The molecule has 0 aliphatic carbocycles. The first-order chi connectivity index (χ1) is 10.3. The molecule has 2 heterocycles. The van der Waals surface area contributed by atoms with E-state index in [1.807, 2.05) is 17.5 Å². The Balaban J connectivity index is 1.91. The molecule has 1 unspecified atom stereocenters. The van der Waals surface area contributed by atoms with Crippen molar-refractivity contribution >= 4 is 22.9 Å². The van der Waals surface area contributed by atoms with E-state index in [0.29, 0.717) is 29.7 Å². The quantitative estimate of drug-likeness (QED) is 0.827. The average molecular weight is 327 g/mol. The molecule has 1 atom stereocenters. The zero-order chi connectivity index (χ0) is 14.7. The number of benzene rings is 1. The zero-order valence-electron chi connectivity index (χ0n) is 11.5. The SMILES string of the molecule is COCCNC(c1cc(Cl)c2c(c1)OCO2)c1nccs1. The highest BCUT2D eigenvalue weighted by Gasteiger charge is 2.23.